The minimum absolute atomic E-state index is 0.873. The summed E-state index contributed by atoms with van der Waals surface area (Å²) < 4.78 is 2.03. The van der Waals surface area contributed by atoms with E-state index < -0.39 is 0 Å². The largest absolute Gasteiger partial charge is 0.313 e. The van der Waals surface area contributed by atoms with Crippen molar-refractivity contribution in [3.63, 3.8) is 0 Å². The summed E-state index contributed by atoms with van der Waals surface area (Å²) in [5, 5.41) is 3.32. The molecule has 0 saturated carbocycles. The van der Waals surface area contributed by atoms with Crippen LogP contribution in [0.4, 0.5) is 0 Å². The quantitative estimate of drug-likeness (QED) is 0.897. The van der Waals surface area contributed by atoms with Gasteiger partial charge in [0.2, 0.25) is 0 Å². The van der Waals surface area contributed by atoms with E-state index in [1.807, 2.05) is 23.9 Å². The summed E-state index contributed by atoms with van der Waals surface area (Å²) in [6, 6.07) is 4.18. The Bertz CT molecular complexity index is 543. The molecule has 0 spiro atoms. The van der Waals surface area contributed by atoms with Crippen molar-refractivity contribution in [1.82, 2.24) is 19.9 Å². The molecule has 0 amide bonds. The molecule has 2 aromatic rings. The second-order valence-corrected chi connectivity index (χ2v) is 4.48. The Balaban J connectivity index is 2.31. The molecule has 0 bridgehead atoms. The van der Waals surface area contributed by atoms with Gasteiger partial charge in [-0.05, 0) is 38.9 Å². The molecule has 4 heteroatoms. The smallest absolute Gasteiger partial charge is 0.138 e. The third-order valence-electron chi connectivity index (χ3n) is 3.24. The number of nitrogens with one attached hydrogen (secondary N) is 1. The standard InChI is InChI=1S/C14H20N4/c1-5-15-8-13-6-7-14(17-11(13)3)18-9-16-10(2)12(18)4/h6-7,9,15H,5,8H2,1-4H3. The van der Waals surface area contributed by atoms with Gasteiger partial charge in [0.15, 0.2) is 0 Å². The first-order chi connectivity index (χ1) is 8.63. The van der Waals surface area contributed by atoms with Gasteiger partial charge in [0.25, 0.3) is 0 Å². The van der Waals surface area contributed by atoms with Crippen LogP contribution in [-0.2, 0) is 6.54 Å². The number of rotatable bonds is 4. The number of aromatic nitrogens is 3. The second kappa shape index (κ2) is 5.31. The minimum Gasteiger partial charge on any atom is -0.313 e. The predicted molar refractivity (Wildman–Crippen MR) is 73.0 cm³/mol. The monoisotopic (exact) mass is 244 g/mol. The molecular weight excluding hydrogens is 224 g/mol. The molecule has 0 radical (unpaired) electrons. The third-order valence-corrected chi connectivity index (χ3v) is 3.24. The van der Waals surface area contributed by atoms with Crippen LogP contribution in [0.5, 0.6) is 0 Å². The summed E-state index contributed by atoms with van der Waals surface area (Å²) in [5.41, 5.74) is 4.50. The van der Waals surface area contributed by atoms with Crippen LogP contribution < -0.4 is 5.32 Å². The normalized spacial score (nSPS) is 10.9. The Hall–Kier alpha value is -1.68. The minimum atomic E-state index is 0.873. The molecule has 2 aromatic heterocycles. The molecular formula is C14H20N4. The number of hydrogen-bond donors (Lipinski definition) is 1. The van der Waals surface area contributed by atoms with Crippen LogP contribution in [0.25, 0.3) is 5.82 Å². The van der Waals surface area contributed by atoms with E-state index in [1.165, 1.54) is 5.56 Å². The van der Waals surface area contributed by atoms with E-state index in [9.17, 15) is 0 Å². The highest BCUT2D eigenvalue weighted by Gasteiger charge is 2.07. The van der Waals surface area contributed by atoms with Crippen molar-refractivity contribution in [2.24, 2.45) is 0 Å². The zero-order valence-electron chi connectivity index (χ0n) is 11.5. The van der Waals surface area contributed by atoms with E-state index in [-0.39, 0.29) is 0 Å². The van der Waals surface area contributed by atoms with Crippen LogP contribution in [0.15, 0.2) is 18.5 Å². The third kappa shape index (κ3) is 2.43. The van der Waals surface area contributed by atoms with Crippen LogP contribution >= 0.6 is 0 Å². The lowest BCUT2D eigenvalue weighted by atomic mass is 10.2. The Morgan fingerprint density at radius 2 is 1.94 bits per heavy atom. The molecule has 2 heterocycles. The summed E-state index contributed by atoms with van der Waals surface area (Å²) in [4.78, 5) is 8.96. The summed E-state index contributed by atoms with van der Waals surface area (Å²) >= 11 is 0. The molecule has 0 aliphatic rings. The van der Waals surface area contributed by atoms with Gasteiger partial charge in [0, 0.05) is 17.9 Å². The van der Waals surface area contributed by atoms with E-state index in [1.54, 1.807) is 0 Å². The van der Waals surface area contributed by atoms with Crippen molar-refractivity contribution in [2.75, 3.05) is 6.54 Å². The summed E-state index contributed by atoms with van der Waals surface area (Å²) in [5.74, 6) is 0.936. The molecule has 2 rings (SSSR count). The SMILES string of the molecule is CCNCc1ccc(-n2cnc(C)c2C)nc1C. The van der Waals surface area contributed by atoms with Crippen LogP contribution in [-0.4, -0.2) is 21.1 Å². The van der Waals surface area contributed by atoms with E-state index in [2.05, 4.69) is 42.1 Å². The van der Waals surface area contributed by atoms with Gasteiger partial charge in [-0.25, -0.2) is 9.97 Å². The van der Waals surface area contributed by atoms with Gasteiger partial charge < -0.3 is 5.32 Å². The van der Waals surface area contributed by atoms with Gasteiger partial charge in [-0.3, -0.25) is 4.57 Å². The number of imidazole rings is 1. The Morgan fingerprint density at radius 1 is 1.17 bits per heavy atom. The maximum absolute atomic E-state index is 4.65. The molecule has 0 aromatic carbocycles. The van der Waals surface area contributed by atoms with Gasteiger partial charge in [-0.2, -0.15) is 0 Å². The van der Waals surface area contributed by atoms with Crippen molar-refractivity contribution in [3.05, 3.63) is 41.1 Å². The van der Waals surface area contributed by atoms with Crippen LogP contribution in [0.3, 0.4) is 0 Å². The van der Waals surface area contributed by atoms with Gasteiger partial charge in [0.1, 0.15) is 12.1 Å². The molecule has 0 atom stereocenters. The van der Waals surface area contributed by atoms with E-state index in [0.717, 1.165) is 36.0 Å². The van der Waals surface area contributed by atoms with Gasteiger partial charge in [-0.15, -0.1) is 0 Å². The maximum Gasteiger partial charge on any atom is 0.138 e. The van der Waals surface area contributed by atoms with Gasteiger partial charge in [-0.1, -0.05) is 13.0 Å². The highest BCUT2D eigenvalue weighted by atomic mass is 15.1. The summed E-state index contributed by atoms with van der Waals surface area (Å²) in [6.07, 6.45) is 1.83. The Labute approximate surface area is 108 Å². The highest BCUT2D eigenvalue weighted by Crippen LogP contribution is 2.14. The first-order valence-electron chi connectivity index (χ1n) is 6.31. The van der Waals surface area contributed by atoms with Crippen LogP contribution in [0, 0.1) is 20.8 Å². The lowest BCUT2D eigenvalue weighted by Crippen LogP contribution is -2.13. The Morgan fingerprint density at radius 3 is 2.50 bits per heavy atom. The summed E-state index contributed by atoms with van der Waals surface area (Å²) in [6.45, 7) is 10.1. The topological polar surface area (TPSA) is 42.7 Å². The molecule has 96 valence electrons. The number of hydrogen-bond acceptors (Lipinski definition) is 3. The van der Waals surface area contributed by atoms with Crippen molar-refractivity contribution >= 4 is 0 Å². The van der Waals surface area contributed by atoms with Crippen LogP contribution in [0.1, 0.15) is 29.6 Å². The average molecular weight is 244 g/mol. The van der Waals surface area contributed by atoms with Gasteiger partial charge >= 0.3 is 0 Å². The van der Waals surface area contributed by atoms with Gasteiger partial charge in [0.05, 0.1) is 5.69 Å². The lowest BCUT2D eigenvalue weighted by molar-refractivity contribution is 0.718. The Kier molecular flexibility index (Phi) is 3.77. The fraction of sp³-hybridized carbons (Fsp3) is 0.429. The number of pyridine rings is 1. The number of aryl methyl sites for hydroxylation is 2. The maximum atomic E-state index is 4.65. The van der Waals surface area contributed by atoms with Crippen molar-refractivity contribution in [1.29, 1.82) is 0 Å². The van der Waals surface area contributed by atoms with E-state index in [0.29, 0.717) is 0 Å². The predicted octanol–water partition coefficient (Wildman–Crippen LogP) is 2.30. The molecule has 18 heavy (non-hydrogen) atoms. The van der Waals surface area contributed by atoms with Crippen molar-refractivity contribution < 1.29 is 0 Å². The zero-order valence-corrected chi connectivity index (χ0v) is 11.5. The molecule has 1 N–H and O–H groups in total. The lowest BCUT2D eigenvalue weighted by Gasteiger charge is -2.09. The number of nitrogens with zero attached hydrogens (tertiary/aromatic N) is 3. The first-order valence-corrected chi connectivity index (χ1v) is 6.31. The van der Waals surface area contributed by atoms with Crippen molar-refractivity contribution in [3.8, 4) is 5.82 Å². The molecule has 4 nitrogen and oxygen atoms in total. The zero-order chi connectivity index (χ0) is 13.1. The second-order valence-electron chi connectivity index (χ2n) is 4.48. The fourth-order valence-electron chi connectivity index (χ4n) is 1.89. The average Bonchev–Trinajstić information content (AvgIpc) is 2.69. The van der Waals surface area contributed by atoms with E-state index in [4.69, 9.17) is 0 Å². The van der Waals surface area contributed by atoms with Crippen molar-refractivity contribution in [2.45, 2.75) is 34.2 Å². The molecule has 0 fully saturated rings. The fourth-order valence-corrected chi connectivity index (χ4v) is 1.89. The molecule has 0 aliphatic heterocycles. The highest BCUT2D eigenvalue weighted by molar-refractivity contribution is 5.32. The van der Waals surface area contributed by atoms with E-state index >= 15 is 0 Å². The molecule has 0 aliphatic carbocycles. The summed E-state index contributed by atoms with van der Waals surface area (Å²) in [7, 11) is 0. The molecule has 0 saturated heterocycles. The first kappa shape index (κ1) is 12.8. The molecule has 0 unspecified atom stereocenters. The van der Waals surface area contributed by atoms with Crippen LogP contribution in [0.2, 0.25) is 0 Å².